The summed E-state index contributed by atoms with van der Waals surface area (Å²) >= 11 is 1.05. The molecular weight excluding hydrogens is 398 g/mol. The molecule has 0 atom stereocenters. The summed E-state index contributed by atoms with van der Waals surface area (Å²) in [6.07, 6.45) is 0.965. The Morgan fingerprint density at radius 1 is 1.38 bits per heavy atom. The van der Waals surface area contributed by atoms with Crippen LogP contribution in [0.1, 0.15) is 67.5 Å². The Bertz CT molecular complexity index is 904. The van der Waals surface area contributed by atoms with Gasteiger partial charge >= 0.3 is 0 Å². The van der Waals surface area contributed by atoms with Crippen LogP contribution < -0.4 is 10.6 Å². The number of carbonyl (C=O) groups excluding carboxylic acids is 1. The van der Waals surface area contributed by atoms with Crippen molar-refractivity contribution in [1.29, 1.82) is 0 Å². The number of alkyl halides is 2. The van der Waals surface area contributed by atoms with E-state index in [0.29, 0.717) is 29.2 Å². The van der Waals surface area contributed by atoms with Gasteiger partial charge in [0.05, 0.1) is 16.2 Å². The molecule has 9 heteroatoms. The third kappa shape index (κ3) is 5.08. The van der Waals surface area contributed by atoms with Crippen molar-refractivity contribution >= 4 is 23.1 Å². The number of anilines is 1. The molecule has 0 unspecified atom stereocenters. The number of pyridine rings is 1. The average Bonchev–Trinajstić information content (AvgIpc) is 2.98. The van der Waals surface area contributed by atoms with Crippen LogP contribution in [0, 0.1) is 6.92 Å². The number of aliphatic hydroxyl groups is 1. The minimum Gasteiger partial charge on any atom is -0.388 e. The van der Waals surface area contributed by atoms with Gasteiger partial charge < -0.3 is 15.7 Å². The third-order valence-electron chi connectivity index (χ3n) is 4.77. The van der Waals surface area contributed by atoms with Gasteiger partial charge in [-0.3, -0.25) is 4.79 Å². The van der Waals surface area contributed by atoms with Crippen molar-refractivity contribution in [2.24, 2.45) is 0 Å². The second-order valence-corrected chi connectivity index (χ2v) is 9.53. The zero-order chi connectivity index (χ0) is 21.4. The zero-order valence-corrected chi connectivity index (χ0v) is 17.8. The summed E-state index contributed by atoms with van der Waals surface area (Å²) in [6.45, 7) is 7.60. The SMILES string of the molecule is Cc1nc(C(=O)NCC2(O)CCC2)sc1-c1cnc(NC(C)(C)C)cc1C(F)F. The number of carbonyl (C=O) groups is 1. The van der Waals surface area contributed by atoms with Gasteiger partial charge in [-0.15, -0.1) is 11.3 Å². The number of halogens is 2. The highest BCUT2D eigenvalue weighted by Gasteiger charge is 2.35. The van der Waals surface area contributed by atoms with Crippen molar-refractivity contribution in [2.75, 3.05) is 11.9 Å². The van der Waals surface area contributed by atoms with E-state index >= 15 is 0 Å². The molecule has 0 bridgehead atoms. The van der Waals surface area contributed by atoms with Crippen molar-refractivity contribution in [3.63, 3.8) is 0 Å². The first-order chi connectivity index (χ1) is 13.5. The van der Waals surface area contributed by atoms with Crippen LogP contribution in [0.4, 0.5) is 14.6 Å². The molecule has 2 aromatic rings. The number of thiazole rings is 1. The monoisotopic (exact) mass is 424 g/mol. The number of nitrogens with zero attached hydrogens (tertiary/aromatic N) is 2. The molecule has 1 saturated carbocycles. The molecule has 2 aromatic heterocycles. The summed E-state index contributed by atoms with van der Waals surface area (Å²) in [6, 6.07) is 1.34. The van der Waals surface area contributed by atoms with Crippen LogP contribution in [0.5, 0.6) is 0 Å². The molecule has 0 spiro atoms. The predicted octanol–water partition coefficient (Wildman–Crippen LogP) is 4.31. The summed E-state index contributed by atoms with van der Waals surface area (Å²) in [5, 5.41) is 16.1. The fraction of sp³-hybridized carbons (Fsp3) is 0.550. The largest absolute Gasteiger partial charge is 0.388 e. The molecule has 1 amide bonds. The number of nitrogens with one attached hydrogen (secondary N) is 2. The molecule has 158 valence electrons. The normalized spacial score (nSPS) is 15.9. The van der Waals surface area contributed by atoms with E-state index in [2.05, 4.69) is 20.6 Å². The van der Waals surface area contributed by atoms with Crippen LogP contribution in [0.15, 0.2) is 12.3 Å². The van der Waals surface area contributed by atoms with Gasteiger partial charge in [0.15, 0.2) is 5.01 Å². The number of aryl methyl sites for hydroxylation is 1. The van der Waals surface area contributed by atoms with E-state index in [0.717, 1.165) is 17.8 Å². The minimum atomic E-state index is -2.69. The van der Waals surface area contributed by atoms with Crippen LogP contribution in [0.2, 0.25) is 0 Å². The standard InChI is InChI=1S/C20H26F2N4O2S/c1-11-15(29-18(25-11)17(27)24-10-20(28)6-5-7-20)13-9-23-14(26-19(2,3)4)8-12(13)16(21)22/h8-9,16,28H,5-7,10H2,1-4H3,(H,23,26)(H,24,27). The minimum absolute atomic E-state index is 0.158. The fourth-order valence-corrected chi connectivity index (χ4v) is 4.13. The van der Waals surface area contributed by atoms with E-state index < -0.39 is 17.9 Å². The van der Waals surface area contributed by atoms with Crippen molar-refractivity contribution in [2.45, 2.75) is 64.5 Å². The highest BCUT2D eigenvalue weighted by atomic mass is 32.1. The number of hydrogen-bond donors (Lipinski definition) is 3. The Kier molecular flexibility index (Phi) is 5.91. The van der Waals surface area contributed by atoms with Gasteiger partial charge in [-0.2, -0.15) is 0 Å². The van der Waals surface area contributed by atoms with Gasteiger partial charge in [0.25, 0.3) is 12.3 Å². The Morgan fingerprint density at radius 2 is 2.07 bits per heavy atom. The molecular formula is C20H26F2N4O2S. The van der Waals surface area contributed by atoms with E-state index in [9.17, 15) is 18.7 Å². The van der Waals surface area contributed by atoms with Crippen molar-refractivity contribution in [3.8, 4) is 10.4 Å². The Hall–Kier alpha value is -2.13. The van der Waals surface area contributed by atoms with Gasteiger partial charge in [0, 0.05) is 29.4 Å². The molecule has 1 aliphatic carbocycles. The summed E-state index contributed by atoms with van der Waals surface area (Å²) in [5.41, 5.74) is -0.555. The number of rotatable bonds is 6. The van der Waals surface area contributed by atoms with Crippen LogP contribution in [-0.4, -0.2) is 38.7 Å². The molecule has 0 saturated heterocycles. The second kappa shape index (κ2) is 7.95. The highest BCUT2D eigenvalue weighted by Crippen LogP contribution is 2.37. The van der Waals surface area contributed by atoms with Crippen LogP contribution >= 0.6 is 11.3 Å². The first kappa shape index (κ1) is 21.6. The maximum absolute atomic E-state index is 13.7. The number of amides is 1. The van der Waals surface area contributed by atoms with Gasteiger partial charge in [-0.1, -0.05) is 0 Å². The molecule has 0 aromatic carbocycles. The molecule has 3 rings (SSSR count). The molecule has 0 radical (unpaired) electrons. The van der Waals surface area contributed by atoms with Gasteiger partial charge in [-0.05, 0) is 53.0 Å². The van der Waals surface area contributed by atoms with E-state index in [1.54, 1.807) is 6.92 Å². The Balaban J connectivity index is 1.85. The second-order valence-electron chi connectivity index (χ2n) is 8.53. The Morgan fingerprint density at radius 3 is 2.62 bits per heavy atom. The Labute approximate surface area is 172 Å². The number of aromatic nitrogens is 2. The summed E-state index contributed by atoms with van der Waals surface area (Å²) in [4.78, 5) is 21.4. The van der Waals surface area contributed by atoms with E-state index in [1.165, 1.54) is 12.3 Å². The molecule has 6 nitrogen and oxygen atoms in total. The molecule has 0 aliphatic heterocycles. The lowest BCUT2D eigenvalue weighted by molar-refractivity contribution is -0.0300. The fourth-order valence-electron chi connectivity index (χ4n) is 3.12. The van der Waals surface area contributed by atoms with E-state index in [4.69, 9.17) is 0 Å². The number of hydrogen-bond acceptors (Lipinski definition) is 6. The quantitative estimate of drug-likeness (QED) is 0.643. The summed E-state index contributed by atoms with van der Waals surface area (Å²) < 4.78 is 27.5. The first-order valence-corrected chi connectivity index (χ1v) is 10.3. The summed E-state index contributed by atoms with van der Waals surface area (Å²) in [7, 11) is 0. The maximum Gasteiger partial charge on any atom is 0.280 e. The molecule has 1 fully saturated rings. The summed E-state index contributed by atoms with van der Waals surface area (Å²) in [5.74, 6) is -0.0484. The average molecular weight is 425 g/mol. The molecule has 2 heterocycles. The van der Waals surface area contributed by atoms with Crippen molar-refractivity contribution in [3.05, 3.63) is 28.5 Å². The van der Waals surface area contributed by atoms with Crippen molar-refractivity contribution < 1.29 is 18.7 Å². The molecule has 1 aliphatic rings. The molecule has 29 heavy (non-hydrogen) atoms. The molecule has 3 N–H and O–H groups in total. The van der Waals surface area contributed by atoms with Gasteiger partial charge in [0.2, 0.25) is 0 Å². The van der Waals surface area contributed by atoms with Crippen LogP contribution in [-0.2, 0) is 0 Å². The smallest absolute Gasteiger partial charge is 0.280 e. The van der Waals surface area contributed by atoms with Gasteiger partial charge in [0.1, 0.15) is 5.82 Å². The van der Waals surface area contributed by atoms with E-state index in [-0.39, 0.29) is 28.2 Å². The van der Waals surface area contributed by atoms with Crippen LogP contribution in [0.25, 0.3) is 10.4 Å². The first-order valence-electron chi connectivity index (χ1n) is 9.52. The topological polar surface area (TPSA) is 87.1 Å². The lowest BCUT2D eigenvalue weighted by Gasteiger charge is -2.36. The highest BCUT2D eigenvalue weighted by molar-refractivity contribution is 7.17. The lowest BCUT2D eigenvalue weighted by Crippen LogP contribution is -2.47. The van der Waals surface area contributed by atoms with Crippen molar-refractivity contribution in [1.82, 2.24) is 15.3 Å². The van der Waals surface area contributed by atoms with Gasteiger partial charge in [-0.25, -0.2) is 18.7 Å². The zero-order valence-electron chi connectivity index (χ0n) is 17.0. The van der Waals surface area contributed by atoms with Crippen LogP contribution in [0.3, 0.4) is 0 Å². The predicted molar refractivity (Wildman–Crippen MR) is 110 cm³/mol. The lowest BCUT2D eigenvalue weighted by atomic mass is 9.80. The third-order valence-corrected chi connectivity index (χ3v) is 5.96. The maximum atomic E-state index is 13.7. The van der Waals surface area contributed by atoms with E-state index in [1.807, 2.05) is 20.8 Å².